The van der Waals surface area contributed by atoms with Crippen LogP contribution in [0.5, 0.6) is 0 Å². The van der Waals surface area contributed by atoms with Crippen LogP contribution in [0.15, 0.2) is 59.0 Å². The molecule has 1 heterocycles. The summed E-state index contributed by atoms with van der Waals surface area (Å²) >= 11 is 6.16. The minimum atomic E-state index is -0.109. The predicted molar refractivity (Wildman–Crippen MR) is 83.1 cm³/mol. The number of furan rings is 1. The second kappa shape index (κ2) is 5.57. The number of para-hydroxylation sites is 2. The highest BCUT2D eigenvalue weighted by Gasteiger charge is 2.15. The molecule has 1 atom stereocenters. The van der Waals surface area contributed by atoms with E-state index < -0.39 is 0 Å². The van der Waals surface area contributed by atoms with Gasteiger partial charge in [0.15, 0.2) is 0 Å². The Morgan fingerprint density at radius 2 is 1.85 bits per heavy atom. The lowest BCUT2D eigenvalue weighted by Gasteiger charge is -2.16. The second-order valence-corrected chi connectivity index (χ2v) is 5.01. The smallest absolute Gasteiger partial charge is 0.134 e. The van der Waals surface area contributed by atoms with E-state index in [0.717, 1.165) is 22.4 Å². The van der Waals surface area contributed by atoms with E-state index in [9.17, 15) is 0 Å². The Morgan fingerprint density at radius 3 is 2.60 bits per heavy atom. The van der Waals surface area contributed by atoms with Crippen LogP contribution >= 0.6 is 11.6 Å². The number of fused-ring (bicyclic) bond motifs is 1. The monoisotopic (exact) mass is 286 g/mol. The fourth-order valence-corrected chi connectivity index (χ4v) is 2.38. The van der Waals surface area contributed by atoms with Crippen molar-refractivity contribution in [3.8, 4) is 0 Å². The molecule has 0 bridgehead atoms. The van der Waals surface area contributed by atoms with Gasteiger partial charge in [0.1, 0.15) is 11.3 Å². The van der Waals surface area contributed by atoms with Crippen molar-refractivity contribution in [3.05, 3.63) is 65.4 Å². The molecule has 0 radical (unpaired) electrons. The third-order valence-electron chi connectivity index (χ3n) is 3.23. The normalized spacial score (nSPS) is 12.5. The van der Waals surface area contributed by atoms with Gasteiger partial charge < -0.3 is 15.5 Å². The van der Waals surface area contributed by atoms with Gasteiger partial charge in [-0.15, -0.1) is 0 Å². The minimum absolute atomic E-state index is 0.109. The average Bonchev–Trinajstić information content (AvgIpc) is 2.90. The summed E-state index contributed by atoms with van der Waals surface area (Å²) in [5.74, 6) is 0.814. The molecule has 1 unspecified atom stereocenters. The minimum Gasteiger partial charge on any atom is -0.459 e. The van der Waals surface area contributed by atoms with Gasteiger partial charge in [-0.1, -0.05) is 41.9 Å². The highest BCUT2D eigenvalue weighted by Crippen LogP contribution is 2.28. The number of anilines is 1. The van der Waals surface area contributed by atoms with Crippen molar-refractivity contribution in [2.75, 3.05) is 11.9 Å². The first-order valence-corrected chi connectivity index (χ1v) is 6.85. The predicted octanol–water partition coefficient (Wildman–Crippen LogP) is 4.20. The Labute approximate surface area is 122 Å². The highest BCUT2D eigenvalue weighted by molar-refractivity contribution is 6.33. The molecule has 3 nitrogen and oxygen atoms in total. The van der Waals surface area contributed by atoms with Crippen LogP contribution in [0.4, 0.5) is 5.69 Å². The third-order valence-corrected chi connectivity index (χ3v) is 3.56. The number of nitrogens with one attached hydrogen (secondary N) is 1. The lowest BCUT2D eigenvalue weighted by Crippen LogP contribution is -2.20. The Bertz CT molecular complexity index is 690. The summed E-state index contributed by atoms with van der Waals surface area (Å²) < 4.78 is 5.85. The summed E-state index contributed by atoms with van der Waals surface area (Å²) in [6.45, 7) is 0.422. The molecule has 1 aromatic heterocycles. The van der Waals surface area contributed by atoms with E-state index in [-0.39, 0.29) is 6.04 Å². The summed E-state index contributed by atoms with van der Waals surface area (Å²) in [7, 11) is 0. The van der Waals surface area contributed by atoms with Gasteiger partial charge in [-0.05, 0) is 24.3 Å². The topological polar surface area (TPSA) is 51.2 Å². The number of hydrogen-bond acceptors (Lipinski definition) is 3. The Morgan fingerprint density at radius 1 is 1.10 bits per heavy atom. The standard InChI is InChI=1S/C16H15ClN2O/c17-12-6-2-3-7-13(12)19-14(10-18)16-9-11-5-1-4-8-15(11)20-16/h1-9,14,19H,10,18H2. The molecular weight excluding hydrogens is 272 g/mol. The van der Waals surface area contributed by atoms with E-state index in [2.05, 4.69) is 5.32 Å². The molecule has 3 N–H and O–H groups in total. The molecule has 3 rings (SSSR count). The van der Waals surface area contributed by atoms with Crippen molar-refractivity contribution in [3.63, 3.8) is 0 Å². The van der Waals surface area contributed by atoms with Gasteiger partial charge in [0.25, 0.3) is 0 Å². The van der Waals surface area contributed by atoms with Crippen LogP contribution in [0, 0.1) is 0 Å². The fourth-order valence-electron chi connectivity index (χ4n) is 2.19. The summed E-state index contributed by atoms with van der Waals surface area (Å²) in [4.78, 5) is 0. The zero-order valence-corrected chi connectivity index (χ0v) is 11.6. The molecule has 0 saturated heterocycles. The summed E-state index contributed by atoms with van der Waals surface area (Å²) in [6.07, 6.45) is 0. The van der Waals surface area contributed by atoms with E-state index >= 15 is 0 Å². The molecule has 3 aromatic rings. The molecule has 102 valence electrons. The quantitative estimate of drug-likeness (QED) is 0.756. The maximum absolute atomic E-state index is 6.16. The van der Waals surface area contributed by atoms with Crippen molar-refractivity contribution < 1.29 is 4.42 Å². The third kappa shape index (κ3) is 2.50. The van der Waals surface area contributed by atoms with Crippen LogP contribution in [0.2, 0.25) is 5.02 Å². The number of nitrogens with two attached hydrogens (primary N) is 1. The maximum atomic E-state index is 6.16. The van der Waals surface area contributed by atoms with E-state index in [1.165, 1.54) is 0 Å². The SMILES string of the molecule is NCC(Nc1ccccc1Cl)c1cc2ccccc2o1. The molecule has 0 spiro atoms. The van der Waals surface area contributed by atoms with E-state index in [4.69, 9.17) is 21.8 Å². The summed E-state index contributed by atoms with van der Waals surface area (Å²) in [5.41, 5.74) is 7.57. The van der Waals surface area contributed by atoms with Gasteiger partial charge in [-0.3, -0.25) is 0 Å². The Balaban J connectivity index is 1.91. The molecule has 0 amide bonds. The first-order valence-electron chi connectivity index (χ1n) is 6.47. The van der Waals surface area contributed by atoms with Crippen molar-refractivity contribution >= 4 is 28.3 Å². The van der Waals surface area contributed by atoms with Gasteiger partial charge in [0.05, 0.1) is 16.8 Å². The van der Waals surface area contributed by atoms with Crippen LogP contribution in [-0.4, -0.2) is 6.54 Å². The van der Waals surface area contributed by atoms with E-state index in [0.29, 0.717) is 11.6 Å². The largest absolute Gasteiger partial charge is 0.459 e. The average molecular weight is 287 g/mol. The van der Waals surface area contributed by atoms with Gasteiger partial charge in [-0.25, -0.2) is 0 Å². The van der Waals surface area contributed by atoms with Gasteiger partial charge in [0.2, 0.25) is 0 Å². The van der Waals surface area contributed by atoms with Crippen LogP contribution in [0.1, 0.15) is 11.8 Å². The lowest BCUT2D eigenvalue weighted by atomic mass is 10.2. The molecule has 2 aromatic carbocycles. The zero-order valence-electron chi connectivity index (χ0n) is 10.8. The zero-order chi connectivity index (χ0) is 13.9. The lowest BCUT2D eigenvalue weighted by molar-refractivity contribution is 0.515. The van der Waals surface area contributed by atoms with Crippen LogP contribution in [0.25, 0.3) is 11.0 Å². The summed E-state index contributed by atoms with van der Waals surface area (Å²) in [5, 5.41) is 5.06. The molecule has 20 heavy (non-hydrogen) atoms. The van der Waals surface area contributed by atoms with Crippen molar-refractivity contribution in [1.29, 1.82) is 0 Å². The van der Waals surface area contributed by atoms with Crippen LogP contribution in [-0.2, 0) is 0 Å². The second-order valence-electron chi connectivity index (χ2n) is 4.60. The van der Waals surface area contributed by atoms with Gasteiger partial charge in [-0.2, -0.15) is 0 Å². The fraction of sp³-hybridized carbons (Fsp3) is 0.125. The Hall–Kier alpha value is -1.97. The van der Waals surface area contributed by atoms with Crippen LogP contribution in [0.3, 0.4) is 0 Å². The summed E-state index contributed by atoms with van der Waals surface area (Å²) in [6, 6.07) is 17.4. The molecule has 0 fully saturated rings. The number of rotatable bonds is 4. The Kier molecular flexibility index (Phi) is 3.63. The first-order chi connectivity index (χ1) is 9.78. The van der Waals surface area contributed by atoms with Crippen molar-refractivity contribution in [2.45, 2.75) is 6.04 Å². The van der Waals surface area contributed by atoms with Gasteiger partial charge >= 0.3 is 0 Å². The van der Waals surface area contributed by atoms with Gasteiger partial charge in [0, 0.05) is 11.9 Å². The highest BCUT2D eigenvalue weighted by atomic mass is 35.5. The van der Waals surface area contributed by atoms with E-state index in [1.54, 1.807) is 0 Å². The first kappa shape index (κ1) is 13.0. The molecule has 0 aliphatic carbocycles. The number of hydrogen-bond donors (Lipinski definition) is 2. The maximum Gasteiger partial charge on any atom is 0.134 e. The molecular formula is C16H15ClN2O. The van der Waals surface area contributed by atoms with Crippen molar-refractivity contribution in [2.24, 2.45) is 5.73 Å². The molecule has 0 aliphatic rings. The molecule has 0 saturated carbocycles. The number of benzene rings is 2. The molecule has 0 aliphatic heterocycles. The molecule has 4 heteroatoms. The van der Waals surface area contributed by atoms with E-state index in [1.807, 2.05) is 54.6 Å². The van der Waals surface area contributed by atoms with Crippen molar-refractivity contribution in [1.82, 2.24) is 0 Å². The number of halogens is 1. The van der Waals surface area contributed by atoms with Crippen LogP contribution < -0.4 is 11.1 Å².